The monoisotopic (exact) mass is 185 g/mol. The first kappa shape index (κ1) is 12.5. The van der Waals surface area contributed by atoms with Gasteiger partial charge in [0.2, 0.25) is 5.91 Å². The molecule has 0 aromatic rings. The van der Waals surface area contributed by atoms with E-state index < -0.39 is 0 Å². The molecule has 0 saturated carbocycles. The van der Waals surface area contributed by atoms with Crippen LogP contribution in [0.15, 0.2) is 0 Å². The van der Waals surface area contributed by atoms with Crippen LogP contribution in [-0.4, -0.2) is 23.4 Å². The summed E-state index contributed by atoms with van der Waals surface area (Å²) in [5.74, 6) is 0.414. The number of nitrogens with zero attached hydrogens (tertiary/aromatic N) is 1. The van der Waals surface area contributed by atoms with Crippen molar-refractivity contribution in [2.45, 2.75) is 53.5 Å². The van der Waals surface area contributed by atoms with E-state index >= 15 is 0 Å². The predicted octanol–water partition coefficient (Wildman–Crippen LogP) is 2.68. The zero-order valence-corrected chi connectivity index (χ0v) is 9.63. The van der Waals surface area contributed by atoms with Crippen molar-refractivity contribution in [2.75, 3.05) is 6.54 Å². The summed E-state index contributed by atoms with van der Waals surface area (Å²) in [6.07, 6.45) is 2.08. The van der Waals surface area contributed by atoms with Crippen LogP contribution in [0.1, 0.15) is 47.5 Å². The van der Waals surface area contributed by atoms with Gasteiger partial charge in [0.25, 0.3) is 0 Å². The lowest BCUT2D eigenvalue weighted by molar-refractivity contribution is -0.136. The molecule has 0 aliphatic heterocycles. The van der Waals surface area contributed by atoms with Crippen molar-refractivity contribution < 1.29 is 4.79 Å². The Balaban J connectivity index is 4.31. The second-order valence-corrected chi connectivity index (χ2v) is 3.94. The van der Waals surface area contributed by atoms with E-state index in [4.69, 9.17) is 0 Å². The van der Waals surface area contributed by atoms with Crippen molar-refractivity contribution in [3.63, 3.8) is 0 Å². The second-order valence-electron chi connectivity index (χ2n) is 3.94. The first-order valence-electron chi connectivity index (χ1n) is 5.35. The average molecular weight is 185 g/mol. The molecule has 0 rings (SSSR count). The van der Waals surface area contributed by atoms with Crippen LogP contribution >= 0.6 is 0 Å². The summed E-state index contributed by atoms with van der Waals surface area (Å²) in [6, 6.07) is 0.384. The Kier molecular flexibility index (Phi) is 5.76. The molecule has 0 fully saturated rings. The molecule has 0 aliphatic rings. The van der Waals surface area contributed by atoms with Crippen LogP contribution < -0.4 is 0 Å². The maximum Gasteiger partial charge on any atom is 0.225 e. The summed E-state index contributed by atoms with van der Waals surface area (Å²) in [7, 11) is 0. The van der Waals surface area contributed by atoms with E-state index in [2.05, 4.69) is 20.8 Å². The van der Waals surface area contributed by atoms with Crippen molar-refractivity contribution in [2.24, 2.45) is 5.92 Å². The van der Waals surface area contributed by atoms with Crippen LogP contribution in [0.4, 0.5) is 0 Å². The van der Waals surface area contributed by atoms with E-state index in [0.29, 0.717) is 6.04 Å². The van der Waals surface area contributed by atoms with Crippen LogP contribution in [0.5, 0.6) is 0 Å². The van der Waals surface area contributed by atoms with Crippen molar-refractivity contribution >= 4 is 5.91 Å². The first-order valence-corrected chi connectivity index (χ1v) is 5.35. The number of rotatable bonds is 5. The van der Waals surface area contributed by atoms with Gasteiger partial charge in [-0.2, -0.15) is 0 Å². The molecule has 0 bridgehead atoms. The molecular formula is C11H23NO. The molecule has 0 aliphatic carbocycles. The Morgan fingerprint density at radius 2 is 1.77 bits per heavy atom. The van der Waals surface area contributed by atoms with Gasteiger partial charge in [0.15, 0.2) is 0 Å². The maximum absolute atomic E-state index is 11.8. The minimum atomic E-state index is 0.126. The standard InChI is InChI=1S/C11H23NO/c1-6-8-12(10(5)7-2)11(13)9(3)4/h9-10H,6-8H2,1-5H3. The van der Waals surface area contributed by atoms with E-state index in [1.807, 2.05) is 18.7 Å². The van der Waals surface area contributed by atoms with E-state index in [1.54, 1.807) is 0 Å². The molecular weight excluding hydrogens is 162 g/mol. The van der Waals surface area contributed by atoms with Gasteiger partial charge in [0.05, 0.1) is 0 Å². The summed E-state index contributed by atoms with van der Waals surface area (Å²) in [5, 5.41) is 0. The summed E-state index contributed by atoms with van der Waals surface area (Å²) in [5.41, 5.74) is 0. The van der Waals surface area contributed by atoms with Gasteiger partial charge in [0.1, 0.15) is 0 Å². The minimum absolute atomic E-state index is 0.126. The largest absolute Gasteiger partial charge is 0.340 e. The molecule has 1 unspecified atom stereocenters. The second kappa shape index (κ2) is 6.01. The molecule has 78 valence electrons. The summed E-state index contributed by atoms with van der Waals surface area (Å²) in [4.78, 5) is 13.8. The number of hydrogen-bond donors (Lipinski definition) is 0. The van der Waals surface area contributed by atoms with E-state index in [0.717, 1.165) is 19.4 Å². The molecule has 2 heteroatoms. The van der Waals surface area contributed by atoms with Crippen molar-refractivity contribution in [1.82, 2.24) is 4.90 Å². The van der Waals surface area contributed by atoms with Gasteiger partial charge in [-0.15, -0.1) is 0 Å². The fourth-order valence-electron chi connectivity index (χ4n) is 1.34. The van der Waals surface area contributed by atoms with Crippen LogP contribution in [0.3, 0.4) is 0 Å². The highest BCUT2D eigenvalue weighted by Crippen LogP contribution is 2.09. The molecule has 0 aromatic heterocycles. The zero-order chi connectivity index (χ0) is 10.4. The fraction of sp³-hybridized carbons (Fsp3) is 0.909. The highest BCUT2D eigenvalue weighted by Gasteiger charge is 2.19. The Labute approximate surface area is 82.3 Å². The summed E-state index contributed by atoms with van der Waals surface area (Å²) in [6.45, 7) is 11.2. The molecule has 0 radical (unpaired) electrons. The zero-order valence-electron chi connectivity index (χ0n) is 9.63. The highest BCUT2D eigenvalue weighted by molar-refractivity contribution is 5.78. The molecule has 1 amide bonds. The smallest absolute Gasteiger partial charge is 0.225 e. The lowest BCUT2D eigenvalue weighted by atomic mass is 10.1. The fourth-order valence-corrected chi connectivity index (χ4v) is 1.34. The lowest BCUT2D eigenvalue weighted by Crippen LogP contribution is -2.41. The number of hydrogen-bond acceptors (Lipinski definition) is 1. The first-order chi connectivity index (χ1) is 6.04. The lowest BCUT2D eigenvalue weighted by Gasteiger charge is -2.29. The Bertz CT molecular complexity index is 154. The van der Waals surface area contributed by atoms with Gasteiger partial charge >= 0.3 is 0 Å². The average Bonchev–Trinajstić information content (AvgIpc) is 2.11. The number of carbonyl (C=O) groups is 1. The molecule has 0 saturated heterocycles. The molecule has 0 N–H and O–H groups in total. The van der Waals surface area contributed by atoms with Gasteiger partial charge in [-0.1, -0.05) is 27.7 Å². The SMILES string of the molecule is CCCN(C(=O)C(C)C)C(C)CC. The van der Waals surface area contributed by atoms with Crippen LogP contribution in [-0.2, 0) is 4.79 Å². The predicted molar refractivity (Wildman–Crippen MR) is 56.6 cm³/mol. The van der Waals surface area contributed by atoms with E-state index in [-0.39, 0.29) is 11.8 Å². The molecule has 13 heavy (non-hydrogen) atoms. The van der Waals surface area contributed by atoms with Crippen LogP contribution in [0.2, 0.25) is 0 Å². The van der Waals surface area contributed by atoms with Crippen LogP contribution in [0.25, 0.3) is 0 Å². The summed E-state index contributed by atoms with van der Waals surface area (Å²) < 4.78 is 0. The molecule has 1 atom stereocenters. The number of carbonyl (C=O) groups excluding carboxylic acids is 1. The van der Waals surface area contributed by atoms with Gasteiger partial charge in [-0.05, 0) is 19.8 Å². The van der Waals surface area contributed by atoms with Crippen molar-refractivity contribution in [1.29, 1.82) is 0 Å². The highest BCUT2D eigenvalue weighted by atomic mass is 16.2. The maximum atomic E-state index is 11.8. The van der Waals surface area contributed by atoms with Gasteiger partial charge in [-0.25, -0.2) is 0 Å². The third-order valence-corrected chi connectivity index (χ3v) is 2.36. The molecule has 2 nitrogen and oxygen atoms in total. The quantitative estimate of drug-likeness (QED) is 0.645. The van der Waals surface area contributed by atoms with Crippen LogP contribution in [0, 0.1) is 5.92 Å². The Morgan fingerprint density at radius 1 is 1.23 bits per heavy atom. The van der Waals surface area contributed by atoms with Crippen molar-refractivity contribution in [3.05, 3.63) is 0 Å². The Hall–Kier alpha value is -0.530. The van der Waals surface area contributed by atoms with E-state index in [1.165, 1.54) is 0 Å². The molecule has 0 aromatic carbocycles. The normalized spacial score (nSPS) is 13.1. The van der Waals surface area contributed by atoms with Gasteiger partial charge < -0.3 is 4.90 Å². The van der Waals surface area contributed by atoms with Gasteiger partial charge in [-0.3, -0.25) is 4.79 Å². The number of amides is 1. The van der Waals surface area contributed by atoms with Gasteiger partial charge in [0, 0.05) is 18.5 Å². The third kappa shape index (κ3) is 3.79. The van der Waals surface area contributed by atoms with E-state index in [9.17, 15) is 4.79 Å². The Morgan fingerprint density at radius 3 is 2.08 bits per heavy atom. The third-order valence-electron chi connectivity index (χ3n) is 2.36. The topological polar surface area (TPSA) is 20.3 Å². The minimum Gasteiger partial charge on any atom is -0.340 e. The molecule has 0 spiro atoms. The van der Waals surface area contributed by atoms with Crippen molar-refractivity contribution in [3.8, 4) is 0 Å². The summed E-state index contributed by atoms with van der Waals surface area (Å²) >= 11 is 0. The molecule has 0 heterocycles.